The Morgan fingerprint density at radius 1 is 1.24 bits per heavy atom. The summed E-state index contributed by atoms with van der Waals surface area (Å²) >= 11 is 0. The lowest BCUT2D eigenvalue weighted by molar-refractivity contribution is -0.137. The van der Waals surface area contributed by atoms with Gasteiger partial charge >= 0.3 is 5.97 Å². The molecule has 3 aliphatic rings. The highest BCUT2D eigenvalue weighted by atomic mass is 16.5. The van der Waals surface area contributed by atoms with Gasteiger partial charge in [0.2, 0.25) is 0 Å². The van der Waals surface area contributed by atoms with Crippen molar-refractivity contribution in [3.8, 4) is 16.9 Å². The molecule has 3 aliphatic heterocycles. The van der Waals surface area contributed by atoms with Gasteiger partial charge in [0.15, 0.2) is 0 Å². The van der Waals surface area contributed by atoms with Crippen LogP contribution >= 0.6 is 0 Å². The van der Waals surface area contributed by atoms with Crippen LogP contribution in [0.3, 0.4) is 0 Å². The average molecular weight is 461 g/mol. The summed E-state index contributed by atoms with van der Waals surface area (Å²) in [5.41, 5.74) is 3.58. The molecular weight excluding hydrogens is 428 g/mol. The molecule has 6 nitrogen and oxygen atoms in total. The zero-order chi connectivity index (χ0) is 24.0. The normalized spacial score (nSPS) is 27.8. The van der Waals surface area contributed by atoms with Crippen LogP contribution in [0.25, 0.3) is 11.1 Å². The Morgan fingerprint density at radius 2 is 2.00 bits per heavy atom. The van der Waals surface area contributed by atoms with Gasteiger partial charge in [0.05, 0.1) is 37.2 Å². The van der Waals surface area contributed by atoms with Crippen LogP contribution in [-0.2, 0) is 15.1 Å². The molecule has 178 valence electrons. The van der Waals surface area contributed by atoms with Crippen molar-refractivity contribution in [2.75, 3.05) is 27.3 Å². The number of carbonyl (C=O) groups excluding carboxylic acids is 1. The monoisotopic (exact) mass is 460 g/mol. The van der Waals surface area contributed by atoms with Gasteiger partial charge in [-0.15, -0.1) is 0 Å². The first-order valence-corrected chi connectivity index (χ1v) is 12.0. The van der Waals surface area contributed by atoms with Gasteiger partial charge in [-0.3, -0.25) is 9.89 Å². The van der Waals surface area contributed by atoms with Crippen LogP contribution in [-0.4, -0.2) is 55.0 Å². The molecule has 0 spiro atoms. The summed E-state index contributed by atoms with van der Waals surface area (Å²) in [5.74, 6) is 0.636. The molecule has 2 saturated heterocycles. The molecule has 5 rings (SSSR count). The van der Waals surface area contributed by atoms with Gasteiger partial charge in [-0.1, -0.05) is 50.3 Å². The highest BCUT2D eigenvalue weighted by molar-refractivity contribution is 6.06. The number of hydrogen-bond acceptors (Lipinski definition) is 6. The minimum absolute atomic E-state index is 0.00534. The van der Waals surface area contributed by atoms with Crippen LogP contribution in [0, 0.1) is 11.8 Å². The van der Waals surface area contributed by atoms with Crippen LogP contribution in [0.15, 0.2) is 59.6 Å². The van der Waals surface area contributed by atoms with Crippen molar-refractivity contribution in [2.45, 2.75) is 37.8 Å². The molecule has 3 heterocycles. The molecule has 0 amide bonds. The first-order chi connectivity index (χ1) is 16.4. The van der Waals surface area contributed by atoms with E-state index in [4.69, 9.17) is 14.5 Å². The zero-order valence-electron chi connectivity index (χ0n) is 20.1. The van der Waals surface area contributed by atoms with Gasteiger partial charge in [-0.2, -0.15) is 0 Å². The van der Waals surface area contributed by atoms with Crippen LogP contribution in [0.4, 0.5) is 5.69 Å². The fraction of sp³-hybridized carbons (Fsp3) is 0.429. The number of rotatable bonds is 5. The average Bonchev–Trinajstić information content (AvgIpc) is 3.19. The van der Waals surface area contributed by atoms with Crippen molar-refractivity contribution in [1.29, 1.82) is 0 Å². The molecule has 1 N–H and O–H groups in total. The minimum atomic E-state index is -1.19. The second-order valence-corrected chi connectivity index (χ2v) is 9.55. The maximum atomic E-state index is 12.3. The number of nitrogens with zero attached hydrogens (tertiary/aromatic N) is 2. The van der Waals surface area contributed by atoms with E-state index in [0.717, 1.165) is 47.6 Å². The molecule has 2 fully saturated rings. The number of fused-ring (bicyclic) bond motifs is 5. The smallest absolute Gasteiger partial charge is 0.333 e. The van der Waals surface area contributed by atoms with E-state index in [0.29, 0.717) is 30.1 Å². The van der Waals surface area contributed by atoms with Crippen LogP contribution in [0.2, 0.25) is 0 Å². The Kier molecular flexibility index (Phi) is 5.82. The number of aliphatic hydroxyl groups is 1. The Morgan fingerprint density at radius 3 is 2.68 bits per heavy atom. The Balaban J connectivity index is 1.55. The maximum Gasteiger partial charge on any atom is 0.333 e. The molecule has 0 saturated carbocycles. The lowest BCUT2D eigenvalue weighted by Gasteiger charge is -2.50. The summed E-state index contributed by atoms with van der Waals surface area (Å²) in [5, 5.41) is 12.1. The molecule has 0 unspecified atom stereocenters. The number of benzene rings is 2. The third kappa shape index (κ3) is 3.39. The van der Waals surface area contributed by atoms with Crippen molar-refractivity contribution in [3.63, 3.8) is 0 Å². The van der Waals surface area contributed by atoms with E-state index in [2.05, 4.69) is 18.4 Å². The third-order valence-corrected chi connectivity index (χ3v) is 7.95. The molecule has 0 aliphatic carbocycles. The number of methoxy groups -OCH3 is 2. The second kappa shape index (κ2) is 8.67. The van der Waals surface area contributed by atoms with Gasteiger partial charge in [-0.05, 0) is 42.4 Å². The van der Waals surface area contributed by atoms with Crippen molar-refractivity contribution in [2.24, 2.45) is 16.8 Å². The number of ether oxygens (including phenoxy) is 2. The van der Waals surface area contributed by atoms with Gasteiger partial charge in [0.25, 0.3) is 0 Å². The third-order valence-electron chi connectivity index (χ3n) is 7.95. The van der Waals surface area contributed by atoms with E-state index in [1.807, 2.05) is 42.5 Å². The standard InChI is InChI=1S/C28H32N2O4/c1-5-18-16-30-14-13-28(32)24-22(12-11-20(25(24)33-3)19-9-7-6-8-10-19)29-26(28)23(30)15-21(18)17(2)27(31)34-4/h6-12,18,21,23,32H,2,5,13-16H2,1,3-4H3/t18-,21-,23+,28+/m1/s1. The number of aliphatic imine (C=N–C) groups is 1. The molecular formula is C28H32N2O4. The molecule has 34 heavy (non-hydrogen) atoms. The Labute approximate surface area is 200 Å². The van der Waals surface area contributed by atoms with E-state index in [-0.39, 0.29) is 17.9 Å². The predicted molar refractivity (Wildman–Crippen MR) is 132 cm³/mol. The maximum absolute atomic E-state index is 12.3. The summed E-state index contributed by atoms with van der Waals surface area (Å²) in [4.78, 5) is 19.7. The molecule has 0 aromatic heterocycles. The topological polar surface area (TPSA) is 71.4 Å². The van der Waals surface area contributed by atoms with Gasteiger partial charge in [-0.25, -0.2) is 4.79 Å². The summed E-state index contributed by atoms with van der Waals surface area (Å²) in [7, 11) is 3.05. The minimum Gasteiger partial charge on any atom is -0.496 e. The van der Waals surface area contributed by atoms with Gasteiger partial charge < -0.3 is 14.6 Å². The van der Waals surface area contributed by atoms with Crippen molar-refractivity contribution in [1.82, 2.24) is 4.90 Å². The molecule has 6 heteroatoms. The molecule has 0 bridgehead atoms. The summed E-state index contributed by atoms with van der Waals surface area (Å²) in [6, 6.07) is 14.0. The van der Waals surface area contributed by atoms with Crippen LogP contribution < -0.4 is 4.74 Å². The van der Waals surface area contributed by atoms with Gasteiger partial charge in [0.1, 0.15) is 11.4 Å². The lowest BCUT2D eigenvalue weighted by atomic mass is 9.70. The lowest BCUT2D eigenvalue weighted by Crippen LogP contribution is -2.60. The van der Waals surface area contributed by atoms with Crippen molar-refractivity contribution in [3.05, 3.63) is 60.2 Å². The van der Waals surface area contributed by atoms with E-state index in [1.165, 1.54) is 7.11 Å². The second-order valence-electron chi connectivity index (χ2n) is 9.55. The summed E-state index contributed by atoms with van der Waals surface area (Å²) in [6.07, 6.45) is 2.20. The van der Waals surface area contributed by atoms with Crippen molar-refractivity contribution < 1.29 is 19.4 Å². The van der Waals surface area contributed by atoms with Crippen LogP contribution in [0.5, 0.6) is 5.75 Å². The van der Waals surface area contributed by atoms with E-state index >= 15 is 0 Å². The SMILES string of the molecule is C=C(C(=O)OC)[C@H]1C[C@H]2C3=Nc4ccc(-c5ccccc5)c(OC)c4[C@@]3(O)CCN2C[C@H]1CC. The molecule has 0 radical (unpaired) electrons. The van der Waals surface area contributed by atoms with E-state index in [9.17, 15) is 9.90 Å². The first-order valence-electron chi connectivity index (χ1n) is 12.0. The number of esters is 1. The molecule has 4 atom stereocenters. The van der Waals surface area contributed by atoms with Gasteiger partial charge in [0, 0.05) is 24.2 Å². The van der Waals surface area contributed by atoms with Crippen LogP contribution in [0.1, 0.15) is 31.7 Å². The highest BCUT2D eigenvalue weighted by Crippen LogP contribution is 2.53. The Bertz CT molecular complexity index is 1160. The molecule has 2 aromatic carbocycles. The number of hydrogen-bond donors (Lipinski definition) is 1. The summed E-state index contributed by atoms with van der Waals surface area (Å²) < 4.78 is 10.9. The zero-order valence-corrected chi connectivity index (χ0v) is 20.1. The first kappa shape index (κ1) is 22.8. The fourth-order valence-corrected chi connectivity index (χ4v) is 6.17. The quantitative estimate of drug-likeness (QED) is 0.526. The Hall–Kier alpha value is -2.96. The van der Waals surface area contributed by atoms with E-state index < -0.39 is 5.60 Å². The van der Waals surface area contributed by atoms with Crippen molar-refractivity contribution >= 4 is 17.4 Å². The highest BCUT2D eigenvalue weighted by Gasteiger charge is 2.54. The molecule has 2 aromatic rings. The number of carbonyl (C=O) groups is 1. The largest absolute Gasteiger partial charge is 0.496 e. The fourth-order valence-electron chi connectivity index (χ4n) is 6.17. The summed E-state index contributed by atoms with van der Waals surface area (Å²) in [6.45, 7) is 7.84. The predicted octanol–water partition coefficient (Wildman–Crippen LogP) is 4.49. The number of piperidine rings is 2. The van der Waals surface area contributed by atoms with E-state index in [1.54, 1.807) is 7.11 Å².